The normalized spacial score (nSPS) is 15.1. The Kier molecular flexibility index (Phi) is 6.51. The monoisotopic (exact) mass is 198 g/mol. The molecule has 1 heterocycles. The Morgan fingerprint density at radius 2 is 1.36 bits per heavy atom. The van der Waals surface area contributed by atoms with Gasteiger partial charge in [-0.1, -0.05) is 0 Å². The van der Waals surface area contributed by atoms with Crippen LogP contribution in [0.15, 0.2) is 0 Å². The summed E-state index contributed by atoms with van der Waals surface area (Å²) < 4.78 is 4.94. The fourth-order valence-electron chi connectivity index (χ4n) is 0.510. The van der Waals surface area contributed by atoms with Crippen molar-refractivity contribution in [1.82, 2.24) is 0 Å². The molecule has 0 atom stereocenters. The fraction of sp³-hybridized carbons (Fsp3) is 0.667. The largest absolute Gasteiger partial charge is 0.381 e. The van der Waals surface area contributed by atoms with Gasteiger partial charge in [0.1, 0.15) is 0 Å². The van der Waals surface area contributed by atoms with Crippen LogP contribution in [0, 0.1) is 0 Å². The van der Waals surface area contributed by atoms with Crippen LogP contribution >= 0.6 is 23.2 Å². The zero-order valence-electron chi connectivity index (χ0n) is 5.81. The van der Waals surface area contributed by atoms with Crippen molar-refractivity contribution in [2.75, 3.05) is 13.2 Å². The topological polar surface area (TPSA) is 43.4 Å². The summed E-state index contributed by atoms with van der Waals surface area (Å²) in [6.07, 6.45) is 2.56. The van der Waals surface area contributed by atoms with Gasteiger partial charge in [0, 0.05) is 13.2 Å². The van der Waals surface area contributed by atoms with Crippen molar-refractivity contribution in [2.45, 2.75) is 12.8 Å². The third-order valence-corrected chi connectivity index (χ3v) is 1.42. The van der Waals surface area contributed by atoms with Crippen LogP contribution in [0.4, 0.5) is 0 Å². The van der Waals surface area contributed by atoms with Gasteiger partial charge in [-0.2, -0.15) is 0 Å². The first-order valence-electron chi connectivity index (χ1n) is 3.11. The summed E-state index contributed by atoms with van der Waals surface area (Å²) in [5.74, 6) is 0. The van der Waals surface area contributed by atoms with Crippen molar-refractivity contribution in [3.05, 3.63) is 0 Å². The third-order valence-electron chi connectivity index (χ3n) is 0.982. The summed E-state index contributed by atoms with van der Waals surface area (Å²) >= 11 is 8.98. The summed E-state index contributed by atoms with van der Waals surface area (Å²) in [6.45, 7) is 2.00. The van der Waals surface area contributed by atoms with Gasteiger partial charge in [0.2, 0.25) is 0 Å². The van der Waals surface area contributed by atoms with Gasteiger partial charge >= 0.3 is 10.5 Å². The SMILES string of the molecule is C1CCOC1.O=C(Cl)C(=O)Cl. The zero-order chi connectivity index (χ0) is 8.69. The molecule has 0 bridgehead atoms. The van der Waals surface area contributed by atoms with Crippen LogP contribution in [0.2, 0.25) is 0 Å². The van der Waals surface area contributed by atoms with Gasteiger partial charge in [0.25, 0.3) is 0 Å². The molecule has 0 aromatic rings. The smallest absolute Gasteiger partial charge is 0.304 e. The second-order valence-electron chi connectivity index (χ2n) is 1.87. The molecule has 11 heavy (non-hydrogen) atoms. The average Bonchev–Trinajstić information content (AvgIpc) is 2.41. The minimum atomic E-state index is -1.14. The van der Waals surface area contributed by atoms with E-state index in [1.54, 1.807) is 0 Å². The Balaban J connectivity index is 0.000000183. The maximum atomic E-state index is 9.43. The first-order chi connectivity index (χ1) is 5.14. The molecule has 1 saturated heterocycles. The van der Waals surface area contributed by atoms with Crippen molar-refractivity contribution in [3.63, 3.8) is 0 Å². The highest BCUT2D eigenvalue weighted by Gasteiger charge is 2.01. The molecule has 0 aliphatic carbocycles. The molecule has 5 heteroatoms. The van der Waals surface area contributed by atoms with Crippen molar-refractivity contribution in [1.29, 1.82) is 0 Å². The van der Waals surface area contributed by atoms with Gasteiger partial charge in [-0.3, -0.25) is 9.59 Å². The van der Waals surface area contributed by atoms with Crippen molar-refractivity contribution in [3.8, 4) is 0 Å². The van der Waals surface area contributed by atoms with Crippen LogP contribution in [0.3, 0.4) is 0 Å². The second-order valence-corrected chi connectivity index (χ2v) is 2.55. The number of rotatable bonds is 1. The van der Waals surface area contributed by atoms with Crippen molar-refractivity contribution < 1.29 is 14.3 Å². The number of halogens is 2. The Labute approximate surface area is 74.6 Å². The Bertz CT molecular complexity index is 123. The Morgan fingerprint density at radius 3 is 1.45 bits per heavy atom. The summed E-state index contributed by atoms with van der Waals surface area (Å²) in [7, 11) is 0. The maximum Gasteiger partial charge on any atom is 0.304 e. The molecule has 0 unspecified atom stereocenters. The number of carbonyl (C=O) groups excluding carboxylic acids is 2. The highest BCUT2D eigenvalue weighted by molar-refractivity contribution is 6.97. The van der Waals surface area contributed by atoms with E-state index in [0.29, 0.717) is 0 Å². The summed E-state index contributed by atoms with van der Waals surface area (Å²) in [6, 6.07) is 0. The first-order valence-corrected chi connectivity index (χ1v) is 3.87. The molecule has 0 radical (unpaired) electrons. The van der Waals surface area contributed by atoms with Crippen LogP contribution in [-0.4, -0.2) is 23.7 Å². The van der Waals surface area contributed by atoms with E-state index in [1.165, 1.54) is 12.8 Å². The highest BCUT2D eigenvalue weighted by atomic mass is 35.5. The molecular weight excluding hydrogens is 191 g/mol. The molecule has 0 aromatic carbocycles. The summed E-state index contributed by atoms with van der Waals surface area (Å²) in [5, 5.41) is -2.28. The lowest BCUT2D eigenvalue weighted by molar-refractivity contribution is -0.127. The van der Waals surface area contributed by atoms with Gasteiger partial charge in [0.15, 0.2) is 0 Å². The molecule has 0 saturated carbocycles. The molecule has 1 rings (SSSR count). The van der Waals surface area contributed by atoms with Crippen molar-refractivity contribution in [2.24, 2.45) is 0 Å². The molecule has 0 N–H and O–H groups in total. The predicted molar refractivity (Wildman–Crippen MR) is 41.8 cm³/mol. The molecule has 0 spiro atoms. The van der Waals surface area contributed by atoms with Crippen LogP contribution in [0.25, 0.3) is 0 Å². The lowest BCUT2D eigenvalue weighted by Gasteiger charge is -1.76. The summed E-state index contributed by atoms with van der Waals surface area (Å²) in [4.78, 5) is 18.9. The molecule has 0 amide bonds. The van der Waals surface area contributed by atoms with E-state index in [2.05, 4.69) is 23.2 Å². The number of ether oxygens (including phenoxy) is 1. The van der Waals surface area contributed by atoms with E-state index < -0.39 is 10.5 Å². The van der Waals surface area contributed by atoms with Crippen LogP contribution in [-0.2, 0) is 14.3 Å². The van der Waals surface area contributed by atoms with Gasteiger partial charge in [-0.25, -0.2) is 0 Å². The molecule has 0 aromatic heterocycles. The average molecular weight is 199 g/mol. The molecular formula is C6H8Cl2O3. The maximum absolute atomic E-state index is 9.43. The molecule has 3 nitrogen and oxygen atoms in total. The van der Waals surface area contributed by atoms with E-state index in [-0.39, 0.29) is 0 Å². The fourth-order valence-corrected chi connectivity index (χ4v) is 0.510. The highest BCUT2D eigenvalue weighted by Crippen LogP contribution is 1.98. The van der Waals surface area contributed by atoms with Crippen LogP contribution in [0.1, 0.15) is 12.8 Å². The Hall–Kier alpha value is -0.120. The van der Waals surface area contributed by atoms with Crippen LogP contribution < -0.4 is 0 Å². The third kappa shape index (κ3) is 7.78. The lowest BCUT2D eigenvalue weighted by Crippen LogP contribution is -1.94. The molecule has 1 aliphatic rings. The van der Waals surface area contributed by atoms with Gasteiger partial charge in [-0.05, 0) is 36.0 Å². The molecule has 1 fully saturated rings. The molecule has 64 valence electrons. The first kappa shape index (κ1) is 10.9. The number of hydrogen-bond donors (Lipinski definition) is 0. The zero-order valence-corrected chi connectivity index (χ0v) is 7.32. The molecule has 1 aliphatic heterocycles. The standard InChI is InChI=1S/C4H8O.C2Cl2O2/c1-2-4-5-3-1;3-1(5)2(4)6/h1-4H2;. The van der Waals surface area contributed by atoms with Crippen molar-refractivity contribution >= 4 is 33.7 Å². The van der Waals surface area contributed by atoms with E-state index >= 15 is 0 Å². The van der Waals surface area contributed by atoms with Crippen LogP contribution in [0.5, 0.6) is 0 Å². The minimum absolute atomic E-state index is 1.00. The van der Waals surface area contributed by atoms with Gasteiger partial charge < -0.3 is 4.74 Å². The van der Waals surface area contributed by atoms with E-state index in [9.17, 15) is 9.59 Å². The van der Waals surface area contributed by atoms with Gasteiger partial charge in [-0.15, -0.1) is 0 Å². The number of carbonyl (C=O) groups is 2. The number of hydrogen-bond acceptors (Lipinski definition) is 3. The predicted octanol–water partition coefficient (Wildman–Crippen LogP) is 1.31. The summed E-state index contributed by atoms with van der Waals surface area (Å²) in [5.41, 5.74) is 0. The van der Waals surface area contributed by atoms with E-state index in [4.69, 9.17) is 4.74 Å². The van der Waals surface area contributed by atoms with E-state index in [0.717, 1.165) is 13.2 Å². The van der Waals surface area contributed by atoms with E-state index in [1.807, 2.05) is 0 Å². The minimum Gasteiger partial charge on any atom is -0.381 e. The quantitative estimate of drug-likeness (QED) is 0.472. The van der Waals surface area contributed by atoms with Gasteiger partial charge in [0.05, 0.1) is 0 Å². The lowest BCUT2D eigenvalue weighted by atomic mass is 10.4. The Morgan fingerprint density at radius 1 is 1.00 bits per heavy atom. The second kappa shape index (κ2) is 6.58.